The molecule has 1 aromatic rings. The maximum absolute atomic E-state index is 5.88. The number of morpholine rings is 1. The van der Waals surface area contributed by atoms with Gasteiger partial charge in [0.25, 0.3) is 0 Å². The number of hydrogen-bond donors (Lipinski definition) is 1. The van der Waals surface area contributed by atoms with Crippen LogP contribution in [0.2, 0.25) is 0 Å². The largest absolute Gasteiger partial charge is 0.368 e. The summed E-state index contributed by atoms with van der Waals surface area (Å²) in [6.07, 6.45) is 0.986. The van der Waals surface area contributed by atoms with Crippen LogP contribution >= 0.6 is 12.2 Å². The first-order valence-corrected chi connectivity index (χ1v) is 7.82. The molecule has 0 aliphatic carbocycles. The van der Waals surface area contributed by atoms with E-state index in [1.165, 1.54) is 0 Å². The quantitative estimate of drug-likeness (QED) is 0.867. The molecule has 1 fully saturated rings. The van der Waals surface area contributed by atoms with Crippen LogP contribution < -0.4 is 0 Å². The molecule has 1 unspecified atom stereocenters. The van der Waals surface area contributed by atoms with Crippen LogP contribution in [-0.4, -0.2) is 40.6 Å². The molecule has 1 aliphatic rings. The highest BCUT2D eigenvalue weighted by atomic mass is 32.1. The molecule has 0 amide bonds. The molecule has 2 heterocycles. The maximum atomic E-state index is 5.88. The van der Waals surface area contributed by atoms with E-state index in [-0.39, 0.29) is 6.10 Å². The van der Waals surface area contributed by atoms with Crippen LogP contribution in [0.1, 0.15) is 45.3 Å². The van der Waals surface area contributed by atoms with Gasteiger partial charge in [0.15, 0.2) is 0 Å². The molecule has 1 aromatic heterocycles. The summed E-state index contributed by atoms with van der Waals surface area (Å²) < 4.78 is 6.53. The summed E-state index contributed by atoms with van der Waals surface area (Å²) in [5, 5.41) is 0. The van der Waals surface area contributed by atoms with Crippen molar-refractivity contribution in [1.29, 1.82) is 0 Å². The number of aromatic nitrogens is 2. The van der Waals surface area contributed by atoms with E-state index in [0.29, 0.717) is 16.6 Å². The van der Waals surface area contributed by atoms with Gasteiger partial charge in [-0.05, 0) is 32.3 Å². The van der Waals surface area contributed by atoms with Gasteiger partial charge in [0.2, 0.25) is 0 Å². The molecule has 0 aromatic carbocycles. The van der Waals surface area contributed by atoms with E-state index < -0.39 is 0 Å². The van der Waals surface area contributed by atoms with Crippen molar-refractivity contribution in [3.63, 3.8) is 0 Å². The normalized spacial score (nSPS) is 20.8. The van der Waals surface area contributed by atoms with E-state index in [9.17, 15) is 0 Å². The van der Waals surface area contributed by atoms with Crippen LogP contribution in [0.5, 0.6) is 0 Å². The van der Waals surface area contributed by atoms with Gasteiger partial charge in [0.05, 0.1) is 6.61 Å². The van der Waals surface area contributed by atoms with E-state index in [0.717, 1.165) is 37.6 Å². The molecule has 5 heteroatoms. The Morgan fingerprint density at radius 2 is 2.20 bits per heavy atom. The predicted octanol–water partition coefficient (Wildman–Crippen LogP) is 3.12. The van der Waals surface area contributed by atoms with Crippen LogP contribution in [0.15, 0.2) is 6.07 Å². The lowest BCUT2D eigenvalue weighted by molar-refractivity contribution is -0.0444. The van der Waals surface area contributed by atoms with Crippen molar-refractivity contribution in [3.8, 4) is 0 Å². The van der Waals surface area contributed by atoms with Gasteiger partial charge in [-0.15, -0.1) is 0 Å². The SMILES string of the molecule is CC(C)Cc1cc(=S)nc(C2CN(C(C)C)CCO2)[nH]1. The van der Waals surface area contributed by atoms with Crippen molar-refractivity contribution in [2.45, 2.75) is 46.3 Å². The Balaban J connectivity index is 2.19. The molecule has 20 heavy (non-hydrogen) atoms. The van der Waals surface area contributed by atoms with E-state index in [1.54, 1.807) is 0 Å². The fourth-order valence-corrected chi connectivity index (χ4v) is 2.78. The first-order chi connectivity index (χ1) is 9.45. The predicted molar refractivity (Wildman–Crippen MR) is 83.4 cm³/mol. The molecule has 1 N–H and O–H groups in total. The minimum atomic E-state index is -0.0000350. The number of aromatic amines is 1. The molecule has 0 saturated carbocycles. The molecule has 0 radical (unpaired) electrons. The van der Waals surface area contributed by atoms with Gasteiger partial charge < -0.3 is 9.72 Å². The third-order valence-electron chi connectivity index (χ3n) is 3.58. The zero-order chi connectivity index (χ0) is 14.7. The first-order valence-electron chi connectivity index (χ1n) is 7.41. The molecule has 4 nitrogen and oxygen atoms in total. The second kappa shape index (κ2) is 6.78. The van der Waals surface area contributed by atoms with Crippen molar-refractivity contribution in [3.05, 3.63) is 22.2 Å². The molecular formula is C15H25N3OS. The summed E-state index contributed by atoms with van der Waals surface area (Å²) in [6.45, 7) is 11.4. The zero-order valence-corrected chi connectivity index (χ0v) is 13.7. The lowest BCUT2D eigenvalue weighted by Crippen LogP contribution is -2.42. The number of hydrogen-bond acceptors (Lipinski definition) is 4. The number of nitrogens with zero attached hydrogens (tertiary/aromatic N) is 2. The monoisotopic (exact) mass is 295 g/mol. The number of rotatable bonds is 4. The van der Waals surface area contributed by atoms with Gasteiger partial charge in [-0.25, -0.2) is 4.98 Å². The Morgan fingerprint density at radius 3 is 2.85 bits per heavy atom. The zero-order valence-electron chi connectivity index (χ0n) is 12.8. The van der Waals surface area contributed by atoms with E-state index in [4.69, 9.17) is 17.0 Å². The second-order valence-electron chi connectivity index (χ2n) is 6.18. The summed E-state index contributed by atoms with van der Waals surface area (Å²) in [7, 11) is 0. The van der Waals surface area contributed by atoms with Crippen molar-refractivity contribution in [2.24, 2.45) is 5.92 Å². The highest BCUT2D eigenvalue weighted by molar-refractivity contribution is 7.71. The Morgan fingerprint density at radius 1 is 1.45 bits per heavy atom. The number of H-pyrrole nitrogens is 1. The molecular weight excluding hydrogens is 270 g/mol. The fraction of sp³-hybridized carbons (Fsp3) is 0.733. The summed E-state index contributed by atoms with van der Waals surface area (Å²) in [6, 6.07) is 2.49. The molecule has 1 aliphatic heterocycles. The average molecular weight is 295 g/mol. The van der Waals surface area contributed by atoms with Crippen LogP contribution in [0.3, 0.4) is 0 Å². The Hall–Kier alpha value is -0.780. The number of nitrogens with one attached hydrogen (secondary N) is 1. The molecule has 0 bridgehead atoms. The van der Waals surface area contributed by atoms with Gasteiger partial charge >= 0.3 is 0 Å². The third-order valence-corrected chi connectivity index (χ3v) is 3.79. The summed E-state index contributed by atoms with van der Waals surface area (Å²) >= 11 is 5.29. The van der Waals surface area contributed by atoms with E-state index in [2.05, 4.69) is 42.6 Å². The minimum absolute atomic E-state index is 0.0000350. The van der Waals surface area contributed by atoms with Gasteiger partial charge in [-0.1, -0.05) is 26.1 Å². The van der Waals surface area contributed by atoms with Gasteiger partial charge in [-0.3, -0.25) is 4.90 Å². The fourth-order valence-electron chi connectivity index (χ4n) is 2.53. The molecule has 2 rings (SSSR count). The first kappa shape index (κ1) is 15.6. The smallest absolute Gasteiger partial charge is 0.138 e. The topological polar surface area (TPSA) is 41.2 Å². The summed E-state index contributed by atoms with van der Waals surface area (Å²) in [5.74, 6) is 1.47. The Kier molecular flexibility index (Phi) is 5.29. The van der Waals surface area contributed by atoms with Crippen molar-refractivity contribution >= 4 is 12.2 Å². The van der Waals surface area contributed by atoms with Crippen molar-refractivity contribution in [1.82, 2.24) is 14.9 Å². The van der Waals surface area contributed by atoms with Crippen molar-refractivity contribution in [2.75, 3.05) is 19.7 Å². The van der Waals surface area contributed by atoms with E-state index >= 15 is 0 Å². The van der Waals surface area contributed by atoms with Crippen LogP contribution in [-0.2, 0) is 11.2 Å². The van der Waals surface area contributed by atoms with Crippen molar-refractivity contribution < 1.29 is 4.74 Å². The standard InChI is InChI=1S/C15H25N3OS/c1-10(2)7-12-8-14(20)17-15(16-12)13-9-18(11(3)4)5-6-19-13/h8,10-11,13H,5-7,9H2,1-4H3,(H,16,17,20). The lowest BCUT2D eigenvalue weighted by atomic mass is 10.1. The highest BCUT2D eigenvalue weighted by Gasteiger charge is 2.25. The van der Waals surface area contributed by atoms with Gasteiger partial charge in [0.1, 0.15) is 16.6 Å². The molecule has 1 saturated heterocycles. The lowest BCUT2D eigenvalue weighted by Gasteiger charge is -2.35. The van der Waals surface area contributed by atoms with Crippen LogP contribution in [0.25, 0.3) is 0 Å². The van der Waals surface area contributed by atoms with Crippen LogP contribution in [0.4, 0.5) is 0 Å². The van der Waals surface area contributed by atoms with Crippen LogP contribution in [0, 0.1) is 10.6 Å². The molecule has 1 atom stereocenters. The molecule has 112 valence electrons. The molecule has 0 spiro atoms. The Bertz CT molecular complexity index is 498. The highest BCUT2D eigenvalue weighted by Crippen LogP contribution is 2.21. The van der Waals surface area contributed by atoms with Gasteiger partial charge in [0, 0.05) is 24.8 Å². The second-order valence-corrected chi connectivity index (χ2v) is 6.59. The van der Waals surface area contributed by atoms with Gasteiger partial charge in [-0.2, -0.15) is 0 Å². The third kappa shape index (κ3) is 4.11. The van der Waals surface area contributed by atoms with E-state index in [1.807, 2.05) is 6.07 Å². The number of ether oxygens (including phenoxy) is 1. The average Bonchev–Trinajstić information content (AvgIpc) is 2.37. The summed E-state index contributed by atoms with van der Waals surface area (Å²) in [4.78, 5) is 10.3. The Labute approximate surface area is 126 Å². The maximum Gasteiger partial charge on any atom is 0.138 e. The summed E-state index contributed by atoms with van der Waals surface area (Å²) in [5.41, 5.74) is 1.15. The minimum Gasteiger partial charge on any atom is -0.368 e.